The summed E-state index contributed by atoms with van der Waals surface area (Å²) in [5, 5.41) is 2.34. The second-order valence-electron chi connectivity index (χ2n) is 18.7. The molecule has 0 bridgehead atoms. The molecular weight excluding hydrogens is 809 g/mol. The topological polar surface area (TPSA) is 13.1 Å². The van der Waals surface area contributed by atoms with Crippen molar-refractivity contribution in [3.8, 4) is 66.8 Å². The second kappa shape index (κ2) is 16.2. The second-order valence-corrected chi connectivity index (χ2v) is 18.7. The third-order valence-electron chi connectivity index (χ3n) is 15.0. The van der Waals surface area contributed by atoms with E-state index < -0.39 is 0 Å². The van der Waals surface area contributed by atoms with Crippen molar-refractivity contribution in [3.05, 3.63) is 264 Å². The predicted molar refractivity (Wildman–Crippen MR) is 279 cm³/mol. The Morgan fingerprint density at radius 2 is 0.687 bits per heavy atom. The summed E-state index contributed by atoms with van der Waals surface area (Å²) in [6.07, 6.45) is 4.82. The summed E-state index contributed by atoms with van der Waals surface area (Å²) in [4.78, 5) is 0. The molecule has 1 spiro atoms. The van der Waals surface area contributed by atoms with Crippen LogP contribution in [-0.2, 0) is 5.41 Å². The predicted octanol–water partition coefficient (Wildman–Crippen LogP) is 17.9. The van der Waals surface area contributed by atoms with Gasteiger partial charge in [-0.15, -0.1) is 0 Å². The van der Waals surface area contributed by atoms with Crippen LogP contribution in [0.25, 0.3) is 88.7 Å². The highest BCUT2D eigenvalue weighted by Crippen LogP contribution is 2.58. The molecule has 1 nitrogen and oxygen atoms in total. The fraction of sp³-hybridized carbons (Fsp3) is 0.0909. The average Bonchev–Trinajstić information content (AvgIpc) is 4.12. The molecule has 10 aromatic carbocycles. The van der Waals surface area contributed by atoms with Gasteiger partial charge >= 0.3 is 0 Å². The van der Waals surface area contributed by atoms with E-state index in [2.05, 4.69) is 231 Å². The van der Waals surface area contributed by atoms with Crippen molar-refractivity contribution >= 4 is 21.9 Å². The van der Waals surface area contributed by atoms with Crippen molar-refractivity contribution in [2.24, 2.45) is 0 Å². The van der Waals surface area contributed by atoms with Crippen LogP contribution in [-0.4, -0.2) is 0 Å². The molecule has 67 heavy (non-hydrogen) atoms. The fourth-order valence-electron chi connectivity index (χ4n) is 11.6. The van der Waals surface area contributed by atoms with Gasteiger partial charge in [0.15, 0.2) is 0 Å². The first-order valence-corrected chi connectivity index (χ1v) is 23.9. The summed E-state index contributed by atoms with van der Waals surface area (Å²) < 4.78 is 6.36. The maximum absolute atomic E-state index is 6.36. The smallest absolute Gasteiger partial charge is 0.136 e. The molecule has 13 rings (SSSR count). The maximum Gasteiger partial charge on any atom is 0.136 e. The van der Waals surface area contributed by atoms with Crippen LogP contribution in [0.5, 0.6) is 0 Å². The quantitative estimate of drug-likeness (QED) is 0.139. The molecule has 1 aromatic heterocycles. The van der Waals surface area contributed by atoms with E-state index in [4.69, 9.17) is 4.42 Å². The molecule has 0 radical (unpaired) electrons. The molecule has 1 saturated carbocycles. The van der Waals surface area contributed by atoms with Gasteiger partial charge in [0.05, 0.1) is 0 Å². The van der Waals surface area contributed by atoms with Crippen molar-refractivity contribution in [2.45, 2.75) is 37.0 Å². The lowest BCUT2D eigenvalue weighted by atomic mass is 9.74. The van der Waals surface area contributed by atoms with E-state index in [0.717, 1.165) is 11.2 Å². The number of fused-ring (bicyclic) bond motifs is 8. The molecule has 11 aromatic rings. The maximum atomic E-state index is 6.36. The molecule has 2 aliphatic rings. The van der Waals surface area contributed by atoms with E-state index >= 15 is 0 Å². The van der Waals surface area contributed by atoms with Gasteiger partial charge in [-0.05, 0) is 132 Å². The lowest BCUT2D eigenvalue weighted by Gasteiger charge is -2.28. The number of furan rings is 1. The molecule has 318 valence electrons. The van der Waals surface area contributed by atoms with E-state index in [1.54, 1.807) is 0 Å². The third kappa shape index (κ3) is 6.85. The molecule has 0 amide bonds. The monoisotopic (exact) mass is 856 g/mol. The summed E-state index contributed by atoms with van der Waals surface area (Å²) in [5.41, 5.74) is 23.9. The standard InChI is InChI=1S/C66H48O/c1-3-11-44(12-4-1)46-17-21-48(22-18-46)50-25-29-52(30-26-50)65(53-31-27-51(28-32-53)49-23-19-47(20-24-49)45-13-5-2-6-14-45)56-35-37-58-57-36-33-54(41-61(57)66(62(58)42-56)39-9-10-40-66)55-34-38-60-59-15-7-8-16-63(59)67-64(60)43-55/h1-8,11-38,41-43,65H,9-10,39-40H2. The lowest BCUT2D eigenvalue weighted by molar-refractivity contribution is 0.549. The Balaban J connectivity index is 0.874. The van der Waals surface area contributed by atoms with Crippen LogP contribution in [0.15, 0.2) is 241 Å². The third-order valence-corrected chi connectivity index (χ3v) is 15.0. The summed E-state index contributed by atoms with van der Waals surface area (Å²) in [6, 6.07) is 87.7. The van der Waals surface area contributed by atoms with Gasteiger partial charge in [-0.1, -0.05) is 225 Å². The number of para-hydroxylation sites is 1. The zero-order valence-electron chi connectivity index (χ0n) is 37.3. The van der Waals surface area contributed by atoms with Gasteiger partial charge in [-0.25, -0.2) is 0 Å². The molecule has 0 atom stereocenters. The first kappa shape index (κ1) is 39.4. The minimum atomic E-state index is -0.00373. The van der Waals surface area contributed by atoms with E-state index in [1.807, 2.05) is 6.07 Å². The molecular formula is C66H48O. The first-order chi connectivity index (χ1) is 33.1. The van der Waals surface area contributed by atoms with Gasteiger partial charge < -0.3 is 4.42 Å². The minimum Gasteiger partial charge on any atom is -0.456 e. The minimum absolute atomic E-state index is 0.00373. The van der Waals surface area contributed by atoms with Gasteiger partial charge in [0.2, 0.25) is 0 Å². The van der Waals surface area contributed by atoms with Gasteiger partial charge in [0.25, 0.3) is 0 Å². The highest BCUT2D eigenvalue weighted by Gasteiger charge is 2.45. The normalized spacial score (nSPS) is 13.7. The van der Waals surface area contributed by atoms with Gasteiger partial charge in [0.1, 0.15) is 11.2 Å². The molecule has 0 unspecified atom stereocenters. The Labute approximate surface area is 392 Å². The Bertz CT molecular complexity index is 3450. The summed E-state index contributed by atoms with van der Waals surface area (Å²) in [5.74, 6) is 0.0579. The van der Waals surface area contributed by atoms with Crippen molar-refractivity contribution in [1.82, 2.24) is 0 Å². The Morgan fingerprint density at radius 3 is 1.24 bits per heavy atom. The van der Waals surface area contributed by atoms with E-state index in [-0.39, 0.29) is 11.3 Å². The largest absolute Gasteiger partial charge is 0.456 e. The fourth-order valence-corrected chi connectivity index (χ4v) is 11.6. The van der Waals surface area contributed by atoms with Gasteiger partial charge in [0, 0.05) is 22.1 Å². The SMILES string of the molecule is c1ccc(-c2ccc(-c3ccc(C(c4ccc(-c5ccc(-c6ccccc6)cc5)cc4)c4ccc5c(c4)C4(CCCC4)c4cc(-c6ccc7c(c6)oc6ccccc67)ccc4-5)cc3)cc2)cc1. The van der Waals surface area contributed by atoms with Crippen molar-refractivity contribution in [2.75, 3.05) is 0 Å². The zero-order chi connectivity index (χ0) is 44.3. The Hall–Kier alpha value is -8.00. The van der Waals surface area contributed by atoms with Gasteiger partial charge in [-0.3, -0.25) is 0 Å². The Kier molecular flexibility index (Phi) is 9.49. The lowest BCUT2D eigenvalue weighted by Crippen LogP contribution is -2.21. The molecule has 0 aliphatic heterocycles. The van der Waals surface area contributed by atoms with E-state index in [9.17, 15) is 0 Å². The Morgan fingerprint density at radius 1 is 0.299 bits per heavy atom. The number of benzene rings is 10. The van der Waals surface area contributed by atoms with Crippen LogP contribution < -0.4 is 0 Å². The van der Waals surface area contributed by atoms with Crippen LogP contribution in [0.4, 0.5) is 0 Å². The van der Waals surface area contributed by atoms with Crippen LogP contribution in [0.1, 0.15) is 59.4 Å². The van der Waals surface area contributed by atoms with Crippen LogP contribution in [0, 0.1) is 0 Å². The highest BCUT2D eigenvalue weighted by atomic mass is 16.3. The summed E-state index contributed by atoms with van der Waals surface area (Å²) in [6.45, 7) is 0. The van der Waals surface area contributed by atoms with Crippen LogP contribution in [0.3, 0.4) is 0 Å². The van der Waals surface area contributed by atoms with E-state index in [0.29, 0.717) is 0 Å². The van der Waals surface area contributed by atoms with Gasteiger partial charge in [-0.2, -0.15) is 0 Å². The first-order valence-electron chi connectivity index (χ1n) is 23.9. The highest BCUT2D eigenvalue weighted by molar-refractivity contribution is 6.06. The van der Waals surface area contributed by atoms with Crippen molar-refractivity contribution in [3.63, 3.8) is 0 Å². The molecule has 0 saturated heterocycles. The zero-order valence-corrected chi connectivity index (χ0v) is 37.3. The van der Waals surface area contributed by atoms with Crippen molar-refractivity contribution < 1.29 is 4.42 Å². The van der Waals surface area contributed by atoms with Crippen LogP contribution >= 0.6 is 0 Å². The number of hydrogen-bond donors (Lipinski definition) is 0. The summed E-state index contributed by atoms with van der Waals surface area (Å²) in [7, 11) is 0. The number of rotatable bonds is 8. The molecule has 1 heterocycles. The average molecular weight is 857 g/mol. The van der Waals surface area contributed by atoms with Crippen molar-refractivity contribution in [1.29, 1.82) is 0 Å². The number of hydrogen-bond acceptors (Lipinski definition) is 1. The molecule has 0 N–H and O–H groups in total. The molecule has 2 aliphatic carbocycles. The van der Waals surface area contributed by atoms with Crippen LogP contribution in [0.2, 0.25) is 0 Å². The summed E-state index contributed by atoms with van der Waals surface area (Å²) >= 11 is 0. The molecule has 1 heteroatoms. The molecule has 1 fully saturated rings. The van der Waals surface area contributed by atoms with E-state index in [1.165, 1.54) is 131 Å².